The van der Waals surface area contributed by atoms with Crippen molar-refractivity contribution in [2.75, 3.05) is 13.1 Å². The zero-order chi connectivity index (χ0) is 23.8. The molecular weight excluding hydrogens is 477 g/mol. The number of benzene rings is 1. The van der Waals surface area contributed by atoms with Crippen LogP contribution in [-0.4, -0.2) is 29.7 Å². The summed E-state index contributed by atoms with van der Waals surface area (Å²) in [5.41, 5.74) is 3.91. The van der Waals surface area contributed by atoms with Crippen molar-refractivity contribution in [1.29, 1.82) is 15.8 Å². The van der Waals surface area contributed by atoms with Gasteiger partial charge in [0, 0.05) is 29.4 Å². The molecule has 0 saturated carbocycles. The minimum absolute atomic E-state index is 0.0218. The van der Waals surface area contributed by atoms with Crippen LogP contribution in [0.5, 0.6) is 0 Å². The predicted molar refractivity (Wildman–Crippen MR) is 117 cm³/mol. The van der Waals surface area contributed by atoms with Crippen molar-refractivity contribution >= 4 is 22.0 Å². The van der Waals surface area contributed by atoms with Crippen LogP contribution in [-0.2, 0) is 4.74 Å². The summed E-state index contributed by atoms with van der Waals surface area (Å²) in [6, 6.07) is 10.1. The van der Waals surface area contributed by atoms with Gasteiger partial charge in [-0.2, -0.15) is 15.8 Å². The Labute approximate surface area is 194 Å². The highest BCUT2D eigenvalue weighted by molar-refractivity contribution is 9.10. The number of amides is 1. The normalized spacial score (nSPS) is 22.1. The fourth-order valence-electron chi connectivity index (χ4n) is 4.25. The number of allylic oxidation sites excluding steroid dienone is 2. The summed E-state index contributed by atoms with van der Waals surface area (Å²) in [5, 5.41) is 29.9. The van der Waals surface area contributed by atoms with E-state index in [0.717, 1.165) is 0 Å². The minimum Gasteiger partial charge on any atom is -0.444 e. The fourth-order valence-corrected chi connectivity index (χ4v) is 4.63. The minimum atomic E-state index is -1.99. The molecule has 2 aliphatic rings. The van der Waals surface area contributed by atoms with E-state index in [0.29, 0.717) is 10.0 Å². The predicted octanol–water partition coefficient (Wildman–Crippen LogP) is 4.25. The molecule has 0 aromatic heterocycles. The van der Waals surface area contributed by atoms with E-state index in [-0.39, 0.29) is 29.9 Å². The van der Waals surface area contributed by atoms with E-state index in [2.05, 4.69) is 15.9 Å². The third-order valence-electron chi connectivity index (χ3n) is 5.61. The molecule has 2 atom stereocenters. The smallest absolute Gasteiger partial charge is 0.410 e. The van der Waals surface area contributed by atoms with E-state index in [4.69, 9.17) is 10.5 Å². The van der Waals surface area contributed by atoms with Crippen LogP contribution in [0, 0.1) is 51.1 Å². The number of fused-ring (bicyclic) bond motifs is 1. The van der Waals surface area contributed by atoms with E-state index in [9.17, 15) is 20.6 Å². The average molecular weight is 498 g/mol. The van der Waals surface area contributed by atoms with Crippen LogP contribution in [0.25, 0.3) is 0 Å². The van der Waals surface area contributed by atoms with Gasteiger partial charge in [0.15, 0.2) is 5.41 Å². The second-order valence-corrected chi connectivity index (χ2v) is 9.64. The Morgan fingerprint density at radius 1 is 1.31 bits per heavy atom. The molecule has 0 radical (unpaired) electrons. The SMILES string of the molecule is CC(C)(C)OC(=O)N1CC=C2C(C#N)=C(N)C(C#N)(C#N)[C@H](c3cc(Br)ccc3F)[C@@H]2C1. The largest absolute Gasteiger partial charge is 0.444 e. The Bertz CT molecular complexity index is 1150. The second-order valence-electron chi connectivity index (χ2n) is 8.73. The molecule has 7 nitrogen and oxygen atoms in total. The quantitative estimate of drug-likeness (QED) is 0.617. The van der Waals surface area contributed by atoms with Crippen LogP contribution in [0.15, 0.2) is 45.6 Å². The molecule has 1 aromatic carbocycles. The van der Waals surface area contributed by atoms with E-state index in [1.54, 1.807) is 26.8 Å². The number of nitrogens with two attached hydrogens (primary N) is 1. The average Bonchev–Trinajstić information content (AvgIpc) is 2.73. The molecule has 0 unspecified atom stereocenters. The molecule has 2 N–H and O–H groups in total. The van der Waals surface area contributed by atoms with E-state index >= 15 is 4.39 Å². The van der Waals surface area contributed by atoms with Crippen LogP contribution in [0.1, 0.15) is 32.3 Å². The zero-order valence-corrected chi connectivity index (χ0v) is 19.4. The molecule has 9 heteroatoms. The van der Waals surface area contributed by atoms with Crippen molar-refractivity contribution in [3.63, 3.8) is 0 Å². The molecule has 0 bridgehead atoms. The number of carbonyl (C=O) groups is 1. The topological polar surface area (TPSA) is 127 Å². The Balaban J connectivity index is 2.24. The van der Waals surface area contributed by atoms with Crippen LogP contribution in [0.3, 0.4) is 0 Å². The molecule has 0 spiro atoms. The maximum Gasteiger partial charge on any atom is 0.410 e. The van der Waals surface area contributed by atoms with Crippen LogP contribution >= 0.6 is 15.9 Å². The first-order valence-corrected chi connectivity index (χ1v) is 10.6. The zero-order valence-electron chi connectivity index (χ0n) is 17.8. The summed E-state index contributed by atoms with van der Waals surface area (Å²) < 4.78 is 21.0. The lowest BCUT2D eigenvalue weighted by molar-refractivity contribution is 0.0224. The highest BCUT2D eigenvalue weighted by atomic mass is 79.9. The molecule has 3 rings (SSSR count). The molecule has 32 heavy (non-hydrogen) atoms. The molecule has 1 aliphatic heterocycles. The van der Waals surface area contributed by atoms with Gasteiger partial charge in [0.2, 0.25) is 0 Å². The first-order chi connectivity index (χ1) is 15.0. The third kappa shape index (κ3) is 3.83. The number of rotatable bonds is 1. The van der Waals surface area contributed by atoms with Gasteiger partial charge in [-0.05, 0) is 50.1 Å². The number of ether oxygens (including phenoxy) is 1. The van der Waals surface area contributed by atoms with Gasteiger partial charge in [0.1, 0.15) is 17.5 Å². The highest BCUT2D eigenvalue weighted by Crippen LogP contribution is 2.54. The van der Waals surface area contributed by atoms with Gasteiger partial charge in [-0.3, -0.25) is 0 Å². The Kier molecular flexibility index (Phi) is 6.05. The molecule has 1 heterocycles. The van der Waals surface area contributed by atoms with Gasteiger partial charge in [-0.15, -0.1) is 0 Å². The molecular formula is C23H21BrFN5O2. The number of hydrogen-bond donors (Lipinski definition) is 1. The summed E-state index contributed by atoms with van der Waals surface area (Å²) in [7, 11) is 0. The molecule has 164 valence electrons. The van der Waals surface area contributed by atoms with Crippen LogP contribution in [0.4, 0.5) is 9.18 Å². The van der Waals surface area contributed by atoms with Gasteiger partial charge < -0.3 is 15.4 Å². The fraction of sp³-hybridized carbons (Fsp3) is 0.391. The molecule has 1 aliphatic carbocycles. The summed E-state index contributed by atoms with van der Waals surface area (Å²) in [6.45, 7) is 5.40. The molecule has 1 amide bonds. The van der Waals surface area contributed by atoms with Crippen molar-refractivity contribution in [3.05, 3.63) is 57.0 Å². The lowest BCUT2D eigenvalue weighted by atomic mass is 9.58. The Hall–Kier alpha value is -3.35. The summed E-state index contributed by atoms with van der Waals surface area (Å²) in [6.07, 6.45) is 1.08. The Morgan fingerprint density at radius 3 is 2.53 bits per heavy atom. The van der Waals surface area contributed by atoms with E-state index in [1.807, 2.05) is 18.2 Å². The first kappa shape index (κ1) is 23.3. The second kappa shape index (κ2) is 8.30. The van der Waals surface area contributed by atoms with Gasteiger partial charge in [0.05, 0.1) is 23.4 Å². The maximum absolute atomic E-state index is 15.0. The lowest BCUT2D eigenvalue weighted by Crippen LogP contribution is -2.50. The van der Waals surface area contributed by atoms with Crippen molar-refractivity contribution in [3.8, 4) is 18.2 Å². The number of carbonyl (C=O) groups excluding carboxylic acids is 1. The van der Waals surface area contributed by atoms with Crippen molar-refractivity contribution in [1.82, 2.24) is 4.90 Å². The molecule has 0 fully saturated rings. The van der Waals surface area contributed by atoms with E-state index < -0.39 is 34.8 Å². The number of nitrogens with zero attached hydrogens (tertiary/aromatic N) is 4. The van der Waals surface area contributed by atoms with Gasteiger partial charge >= 0.3 is 6.09 Å². The lowest BCUT2D eigenvalue weighted by Gasteiger charge is -2.45. The summed E-state index contributed by atoms with van der Waals surface area (Å²) >= 11 is 3.31. The Morgan fingerprint density at radius 2 is 1.97 bits per heavy atom. The van der Waals surface area contributed by atoms with Crippen LogP contribution < -0.4 is 5.73 Å². The van der Waals surface area contributed by atoms with E-state index in [1.165, 1.54) is 23.1 Å². The van der Waals surface area contributed by atoms with Gasteiger partial charge in [-0.25, -0.2) is 9.18 Å². The summed E-state index contributed by atoms with van der Waals surface area (Å²) in [4.78, 5) is 14.1. The van der Waals surface area contributed by atoms with Gasteiger partial charge in [-0.1, -0.05) is 22.0 Å². The monoisotopic (exact) mass is 497 g/mol. The standard InChI is InChI=1S/C23H21BrFN5O2/c1-22(2,3)32-21(31)30-7-6-14-16(9-26)20(29)23(11-27,12-28)19(17(14)10-30)15-8-13(24)4-5-18(15)25/h4-6,8,17,19H,7,10,29H2,1-3H3/t17-,19-/m1/s1. The number of halogens is 2. The molecule has 0 saturated heterocycles. The van der Waals surface area contributed by atoms with Crippen molar-refractivity contribution < 1.29 is 13.9 Å². The first-order valence-electron chi connectivity index (χ1n) is 9.85. The van der Waals surface area contributed by atoms with Crippen molar-refractivity contribution in [2.24, 2.45) is 17.1 Å². The maximum atomic E-state index is 15.0. The van der Waals surface area contributed by atoms with Crippen molar-refractivity contribution in [2.45, 2.75) is 32.3 Å². The third-order valence-corrected chi connectivity index (χ3v) is 6.10. The molecule has 1 aromatic rings. The van der Waals surface area contributed by atoms with Crippen LogP contribution in [0.2, 0.25) is 0 Å². The highest BCUT2D eigenvalue weighted by Gasteiger charge is 2.55. The summed E-state index contributed by atoms with van der Waals surface area (Å²) in [5.74, 6) is -2.39. The van der Waals surface area contributed by atoms with Gasteiger partial charge in [0.25, 0.3) is 0 Å². The number of hydrogen-bond acceptors (Lipinski definition) is 6. The number of nitriles is 3.